The Morgan fingerprint density at radius 2 is 2.00 bits per heavy atom. The number of fused-ring (bicyclic) bond motifs is 2. The fourth-order valence-electron chi connectivity index (χ4n) is 4.13. The number of aromatic nitrogens is 2. The number of aryl methyl sites for hydroxylation is 1. The second-order valence-corrected chi connectivity index (χ2v) is 10.5. The summed E-state index contributed by atoms with van der Waals surface area (Å²) in [6, 6.07) is 0. The van der Waals surface area contributed by atoms with Crippen molar-refractivity contribution in [2.24, 2.45) is 16.4 Å². The van der Waals surface area contributed by atoms with E-state index in [1.807, 2.05) is 20.8 Å². The second-order valence-electron chi connectivity index (χ2n) is 8.48. The molecule has 4 rings (SSSR count). The molecule has 0 radical (unpaired) electrons. The van der Waals surface area contributed by atoms with E-state index in [0.29, 0.717) is 49.8 Å². The third-order valence-corrected chi connectivity index (χ3v) is 8.08. The first kappa shape index (κ1) is 21.5. The van der Waals surface area contributed by atoms with E-state index in [4.69, 9.17) is 10.6 Å². The average Bonchev–Trinajstić information content (AvgIpc) is 3.32. The van der Waals surface area contributed by atoms with Crippen molar-refractivity contribution < 1.29 is 14.3 Å². The Balaban J connectivity index is 1.98. The van der Waals surface area contributed by atoms with Crippen LogP contribution in [0.2, 0.25) is 0 Å². The molecule has 0 atom stereocenters. The van der Waals surface area contributed by atoms with Crippen molar-refractivity contribution in [2.75, 3.05) is 6.61 Å². The van der Waals surface area contributed by atoms with Crippen LogP contribution < -0.4 is 11.4 Å². The molecule has 10 heteroatoms. The van der Waals surface area contributed by atoms with Crippen LogP contribution in [0.25, 0.3) is 15.2 Å². The number of hydrogen-bond donors (Lipinski definition) is 2. The number of thiophene rings is 2. The fraction of sp³-hybridized carbons (Fsp3) is 0.429. The monoisotopic (exact) mass is 460 g/mol. The number of ketones is 1. The fourth-order valence-corrected chi connectivity index (χ4v) is 6.48. The van der Waals surface area contributed by atoms with E-state index in [0.717, 1.165) is 10.4 Å². The average molecular weight is 461 g/mol. The summed E-state index contributed by atoms with van der Waals surface area (Å²) in [4.78, 5) is 41.1. The molecule has 8 nitrogen and oxygen atoms in total. The van der Waals surface area contributed by atoms with Gasteiger partial charge in [-0.2, -0.15) is 5.10 Å². The molecule has 0 bridgehead atoms. The highest BCUT2D eigenvalue weighted by molar-refractivity contribution is 7.20. The summed E-state index contributed by atoms with van der Waals surface area (Å²) in [5.41, 5.74) is 1.85. The molecule has 3 N–H and O–H groups in total. The molecule has 0 saturated heterocycles. The van der Waals surface area contributed by atoms with E-state index in [-0.39, 0.29) is 23.4 Å². The van der Waals surface area contributed by atoms with Crippen LogP contribution in [0.4, 0.5) is 0 Å². The zero-order valence-corrected chi connectivity index (χ0v) is 19.7. The van der Waals surface area contributed by atoms with E-state index in [1.54, 1.807) is 13.8 Å². The van der Waals surface area contributed by atoms with Gasteiger partial charge in [-0.25, -0.2) is 9.48 Å². The number of nitrogens with zero attached hydrogens (tertiary/aromatic N) is 2. The first-order valence-electron chi connectivity index (χ1n) is 9.95. The molecule has 0 aromatic carbocycles. The topological polar surface area (TPSA) is 120 Å². The lowest BCUT2D eigenvalue weighted by atomic mass is 9.75. The van der Waals surface area contributed by atoms with Gasteiger partial charge in [-0.1, -0.05) is 13.8 Å². The minimum absolute atomic E-state index is 0.0114. The van der Waals surface area contributed by atoms with Gasteiger partial charge in [0.05, 0.1) is 27.5 Å². The van der Waals surface area contributed by atoms with Crippen LogP contribution in [0.1, 0.15) is 70.1 Å². The molecule has 0 spiro atoms. The number of aromatic amines is 1. The van der Waals surface area contributed by atoms with Crippen molar-refractivity contribution in [3.05, 3.63) is 36.8 Å². The number of Topliss-reactive ketones (excluding diaryl/α,β-unsaturated/α-hetero) is 1. The summed E-state index contributed by atoms with van der Waals surface area (Å²) in [5.74, 6) is 4.88. The van der Waals surface area contributed by atoms with Crippen LogP contribution >= 0.6 is 22.7 Å². The molecule has 3 aromatic rings. The Hall–Kier alpha value is -2.72. The quantitative estimate of drug-likeness (QED) is 0.266. The number of H-pyrrole nitrogens is 1. The van der Waals surface area contributed by atoms with Gasteiger partial charge in [0, 0.05) is 6.42 Å². The van der Waals surface area contributed by atoms with Crippen molar-refractivity contribution in [1.82, 2.24) is 9.78 Å². The van der Waals surface area contributed by atoms with Crippen LogP contribution in [0.15, 0.2) is 9.90 Å². The van der Waals surface area contributed by atoms with E-state index in [2.05, 4.69) is 10.2 Å². The smallest absolute Gasteiger partial charge is 0.341 e. The number of carbonyl (C=O) groups is 2. The normalized spacial score (nSPS) is 16.0. The number of carbonyl (C=O) groups excluding carboxylic acids is 2. The van der Waals surface area contributed by atoms with Gasteiger partial charge in [-0.3, -0.25) is 14.7 Å². The standard InChI is InChI=1S/C21H24N4O4S2/c1-6-29-20(28)14-11-7-21(4,5)8-12(26)16(11)31-19(14)25-18(27)13-9(2)15(10(3)23-22)30-17(13)24-25/h24H,6-8,22H2,1-5H3/b23-10+. The highest BCUT2D eigenvalue weighted by Crippen LogP contribution is 2.43. The Morgan fingerprint density at radius 1 is 1.29 bits per heavy atom. The van der Waals surface area contributed by atoms with Crippen LogP contribution in [0, 0.1) is 12.3 Å². The second kappa shape index (κ2) is 7.45. The molecule has 164 valence electrons. The maximum Gasteiger partial charge on any atom is 0.341 e. The molecule has 31 heavy (non-hydrogen) atoms. The van der Waals surface area contributed by atoms with Crippen LogP contribution in [0.5, 0.6) is 0 Å². The number of ether oxygens (including phenoxy) is 1. The van der Waals surface area contributed by atoms with Crippen LogP contribution in [0.3, 0.4) is 0 Å². The predicted molar refractivity (Wildman–Crippen MR) is 123 cm³/mol. The minimum atomic E-state index is -0.520. The molecular formula is C21H24N4O4S2. The summed E-state index contributed by atoms with van der Waals surface area (Å²) in [5, 5.41) is 7.78. The molecule has 3 heterocycles. The lowest BCUT2D eigenvalue weighted by Gasteiger charge is -2.28. The third kappa shape index (κ3) is 3.34. The van der Waals surface area contributed by atoms with Gasteiger partial charge in [0.2, 0.25) is 0 Å². The van der Waals surface area contributed by atoms with Crippen molar-refractivity contribution in [2.45, 2.75) is 47.5 Å². The number of nitrogens with one attached hydrogen (secondary N) is 1. The summed E-state index contributed by atoms with van der Waals surface area (Å²) in [6.07, 6.45) is 0.967. The largest absolute Gasteiger partial charge is 0.462 e. The first-order chi connectivity index (χ1) is 14.6. The Kier molecular flexibility index (Phi) is 5.17. The van der Waals surface area contributed by atoms with E-state index >= 15 is 0 Å². The molecule has 0 amide bonds. The molecule has 1 aliphatic carbocycles. The number of esters is 1. The van der Waals surface area contributed by atoms with Crippen molar-refractivity contribution in [3.63, 3.8) is 0 Å². The van der Waals surface area contributed by atoms with Gasteiger partial charge in [-0.05, 0) is 43.7 Å². The molecule has 0 unspecified atom stereocenters. The van der Waals surface area contributed by atoms with Gasteiger partial charge in [0.15, 0.2) is 5.78 Å². The van der Waals surface area contributed by atoms with E-state index in [1.165, 1.54) is 27.4 Å². The zero-order valence-electron chi connectivity index (χ0n) is 18.0. The molecule has 3 aromatic heterocycles. The van der Waals surface area contributed by atoms with Crippen molar-refractivity contribution >= 4 is 50.4 Å². The SMILES string of the molecule is CCOC(=O)c1c(-n2[nH]c3sc(/C(C)=N/N)c(C)c3c2=O)sc2c1CC(C)(C)CC2=O. The molecule has 0 saturated carbocycles. The molecule has 0 aliphatic heterocycles. The van der Waals surface area contributed by atoms with Crippen molar-refractivity contribution in [1.29, 1.82) is 0 Å². The lowest BCUT2D eigenvalue weighted by Crippen LogP contribution is -2.27. The van der Waals surface area contributed by atoms with Gasteiger partial charge in [0.25, 0.3) is 5.56 Å². The summed E-state index contributed by atoms with van der Waals surface area (Å²) < 4.78 is 6.67. The summed E-state index contributed by atoms with van der Waals surface area (Å²) >= 11 is 2.55. The summed E-state index contributed by atoms with van der Waals surface area (Å²) in [7, 11) is 0. The van der Waals surface area contributed by atoms with Gasteiger partial charge in [-0.15, -0.1) is 22.7 Å². The molecular weight excluding hydrogens is 436 g/mol. The zero-order chi connectivity index (χ0) is 22.7. The molecule has 1 aliphatic rings. The number of nitrogens with two attached hydrogens (primary N) is 1. The Morgan fingerprint density at radius 3 is 2.61 bits per heavy atom. The van der Waals surface area contributed by atoms with Crippen LogP contribution in [-0.2, 0) is 11.2 Å². The van der Waals surface area contributed by atoms with E-state index in [9.17, 15) is 14.4 Å². The predicted octanol–water partition coefficient (Wildman–Crippen LogP) is 3.76. The van der Waals surface area contributed by atoms with Crippen LogP contribution in [-0.4, -0.2) is 33.9 Å². The third-order valence-electron chi connectivity index (χ3n) is 5.52. The number of hydrogen-bond acceptors (Lipinski definition) is 8. The molecule has 0 fully saturated rings. The highest BCUT2D eigenvalue weighted by Gasteiger charge is 2.38. The summed E-state index contributed by atoms with van der Waals surface area (Å²) in [6.45, 7) is 9.58. The maximum atomic E-state index is 13.4. The highest BCUT2D eigenvalue weighted by atomic mass is 32.1. The Labute approximate surface area is 186 Å². The van der Waals surface area contributed by atoms with Gasteiger partial charge >= 0.3 is 5.97 Å². The lowest BCUT2D eigenvalue weighted by molar-refractivity contribution is 0.0525. The first-order valence-corrected chi connectivity index (χ1v) is 11.6. The number of rotatable bonds is 4. The van der Waals surface area contributed by atoms with E-state index < -0.39 is 5.97 Å². The Bertz CT molecular complexity index is 1320. The van der Waals surface area contributed by atoms with Crippen molar-refractivity contribution in [3.8, 4) is 5.00 Å². The minimum Gasteiger partial charge on any atom is -0.462 e. The van der Waals surface area contributed by atoms with Gasteiger partial charge < -0.3 is 10.6 Å². The van der Waals surface area contributed by atoms with Gasteiger partial charge in [0.1, 0.15) is 15.4 Å². The maximum absolute atomic E-state index is 13.4. The number of hydrazone groups is 1.